The highest BCUT2D eigenvalue weighted by Gasteiger charge is 2.08. The van der Waals surface area contributed by atoms with E-state index >= 15 is 0 Å². The van der Waals surface area contributed by atoms with E-state index in [1.54, 1.807) is 6.08 Å². The molecular formula is C27H33ClN2. The monoisotopic (exact) mass is 420 g/mol. The van der Waals surface area contributed by atoms with Crippen molar-refractivity contribution in [3.63, 3.8) is 0 Å². The molecule has 0 unspecified atom stereocenters. The minimum Gasteiger partial charge on any atom is -0.300 e. The molecule has 3 aromatic rings. The van der Waals surface area contributed by atoms with Crippen molar-refractivity contribution in [3.05, 3.63) is 90.6 Å². The van der Waals surface area contributed by atoms with Gasteiger partial charge < -0.3 is 0 Å². The maximum atomic E-state index is 5.46. The van der Waals surface area contributed by atoms with Gasteiger partial charge in [-0.15, -0.1) is 11.6 Å². The first-order valence-corrected chi connectivity index (χ1v) is 10.8. The van der Waals surface area contributed by atoms with E-state index in [2.05, 4.69) is 73.0 Å². The van der Waals surface area contributed by atoms with E-state index in [0.717, 1.165) is 12.2 Å². The largest absolute Gasteiger partial charge is 0.300 e. The van der Waals surface area contributed by atoms with Gasteiger partial charge in [0.1, 0.15) is 0 Å². The summed E-state index contributed by atoms with van der Waals surface area (Å²) in [5.41, 5.74) is 3.39. The smallest absolute Gasteiger partial charge is 0.0736 e. The summed E-state index contributed by atoms with van der Waals surface area (Å²) in [4.78, 5) is 4.20. The van der Waals surface area contributed by atoms with Crippen molar-refractivity contribution < 1.29 is 0 Å². The van der Waals surface area contributed by atoms with Gasteiger partial charge in [0, 0.05) is 11.9 Å². The van der Waals surface area contributed by atoms with E-state index in [-0.39, 0.29) is 0 Å². The quantitative estimate of drug-likeness (QED) is 0.140. The van der Waals surface area contributed by atoms with E-state index in [1.807, 2.05) is 45.1 Å². The lowest BCUT2D eigenvalue weighted by molar-refractivity contribution is 0.864. The average molecular weight is 421 g/mol. The maximum Gasteiger partial charge on any atom is 0.0736 e. The summed E-state index contributed by atoms with van der Waals surface area (Å²) in [5.74, 6) is 0. The van der Waals surface area contributed by atoms with Gasteiger partial charge in [0.25, 0.3) is 0 Å². The minimum absolute atomic E-state index is 0.478. The molecule has 0 saturated heterocycles. The molecule has 0 saturated carbocycles. The molecule has 0 spiro atoms. The Morgan fingerprint density at radius 2 is 1.53 bits per heavy atom. The molecule has 0 radical (unpaired) electrons. The van der Waals surface area contributed by atoms with Crippen molar-refractivity contribution in [1.82, 2.24) is 5.32 Å². The van der Waals surface area contributed by atoms with Crippen molar-refractivity contribution in [1.29, 1.82) is 0 Å². The van der Waals surface area contributed by atoms with Gasteiger partial charge in [0.15, 0.2) is 0 Å². The number of halogens is 1. The molecule has 0 bridgehead atoms. The second kappa shape index (κ2) is 14.3. The fourth-order valence-electron chi connectivity index (χ4n) is 3.23. The zero-order valence-electron chi connectivity index (χ0n) is 18.6. The second-order valence-corrected chi connectivity index (χ2v) is 6.53. The molecule has 158 valence electrons. The summed E-state index contributed by atoms with van der Waals surface area (Å²) in [6.07, 6.45) is 7.75. The lowest BCUT2D eigenvalue weighted by Crippen LogP contribution is -2.13. The van der Waals surface area contributed by atoms with E-state index < -0.39 is 0 Å². The van der Waals surface area contributed by atoms with Crippen LogP contribution in [0.5, 0.6) is 0 Å². The second-order valence-electron chi connectivity index (χ2n) is 6.26. The van der Waals surface area contributed by atoms with Crippen LogP contribution in [0.15, 0.2) is 90.0 Å². The Balaban J connectivity index is 0.000000304. The topological polar surface area (TPSA) is 24.4 Å². The Hall–Kier alpha value is -2.68. The summed E-state index contributed by atoms with van der Waals surface area (Å²) in [6.45, 7) is 16.2. The SMILES string of the molecule is C=C/C=C(\C=C/C)CNCCl.C=Nc1c(C)c2ccccc2c2ccccc12.CC. The molecule has 2 nitrogen and oxygen atoms in total. The van der Waals surface area contributed by atoms with Crippen LogP contribution in [0.3, 0.4) is 0 Å². The first-order valence-electron chi connectivity index (χ1n) is 10.3. The molecule has 0 aliphatic carbocycles. The van der Waals surface area contributed by atoms with Crippen LogP contribution in [-0.2, 0) is 0 Å². The number of nitrogens with one attached hydrogen (secondary N) is 1. The van der Waals surface area contributed by atoms with Crippen LogP contribution in [0.25, 0.3) is 21.5 Å². The molecule has 0 aromatic heterocycles. The van der Waals surface area contributed by atoms with Gasteiger partial charge in [-0.3, -0.25) is 10.3 Å². The van der Waals surface area contributed by atoms with Gasteiger partial charge in [-0.05, 0) is 47.9 Å². The molecule has 3 aromatic carbocycles. The maximum absolute atomic E-state index is 5.46. The summed E-state index contributed by atoms with van der Waals surface area (Å²) in [6, 6.07) is 17.3. The summed E-state index contributed by atoms with van der Waals surface area (Å²) in [7, 11) is 0. The summed E-state index contributed by atoms with van der Waals surface area (Å²) in [5, 5.41) is 7.98. The molecule has 30 heavy (non-hydrogen) atoms. The number of nitrogens with zero attached hydrogens (tertiary/aromatic N) is 1. The zero-order valence-corrected chi connectivity index (χ0v) is 19.3. The molecule has 3 rings (SSSR count). The number of rotatable bonds is 6. The number of fused-ring (bicyclic) bond motifs is 3. The van der Waals surface area contributed by atoms with Crippen LogP contribution in [0.4, 0.5) is 5.69 Å². The van der Waals surface area contributed by atoms with Crippen LogP contribution in [0.1, 0.15) is 26.3 Å². The van der Waals surface area contributed by atoms with E-state index in [0.29, 0.717) is 6.00 Å². The van der Waals surface area contributed by atoms with Crippen molar-refractivity contribution in [2.45, 2.75) is 27.7 Å². The molecule has 0 fully saturated rings. The average Bonchev–Trinajstić information content (AvgIpc) is 2.80. The zero-order chi connectivity index (χ0) is 22.4. The Kier molecular flexibility index (Phi) is 12.1. The van der Waals surface area contributed by atoms with Gasteiger partial charge >= 0.3 is 0 Å². The van der Waals surface area contributed by atoms with Crippen molar-refractivity contribution in [3.8, 4) is 0 Å². The Morgan fingerprint density at radius 3 is 2.03 bits per heavy atom. The fraction of sp³-hybridized carbons (Fsp3) is 0.222. The normalized spacial score (nSPS) is 10.9. The summed E-state index contributed by atoms with van der Waals surface area (Å²) < 4.78 is 0. The fourth-order valence-corrected chi connectivity index (χ4v) is 3.33. The van der Waals surface area contributed by atoms with Gasteiger partial charge in [-0.1, -0.05) is 93.3 Å². The Bertz CT molecular complexity index is 1020. The molecule has 1 N–H and O–H groups in total. The van der Waals surface area contributed by atoms with Crippen LogP contribution in [0.2, 0.25) is 0 Å². The molecule has 0 aliphatic heterocycles. The first-order chi connectivity index (χ1) is 14.7. The highest BCUT2D eigenvalue weighted by molar-refractivity contribution is 6.17. The van der Waals surface area contributed by atoms with Crippen LogP contribution in [0, 0.1) is 6.92 Å². The number of hydrogen-bond acceptors (Lipinski definition) is 2. The lowest BCUT2D eigenvalue weighted by atomic mass is 9.96. The van der Waals surface area contributed by atoms with Crippen molar-refractivity contribution in [2.75, 3.05) is 12.5 Å². The molecule has 0 aliphatic rings. The van der Waals surface area contributed by atoms with Gasteiger partial charge in [0.05, 0.1) is 11.7 Å². The van der Waals surface area contributed by atoms with E-state index in [1.165, 1.54) is 32.7 Å². The molecule has 0 amide bonds. The Labute approximate surface area is 186 Å². The number of aliphatic imine (C=N–C) groups is 1. The van der Waals surface area contributed by atoms with Crippen LogP contribution >= 0.6 is 11.6 Å². The van der Waals surface area contributed by atoms with E-state index in [4.69, 9.17) is 11.6 Å². The first kappa shape index (κ1) is 25.4. The van der Waals surface area contributed by atoms with Gasteiger partial charge in [-0.2, -0.15) is 0 Å². The van der Waals surface area contributed by atoms with Crippen molar-refractivity contribution in [2.24, 2.45) is 4.99 Å². The van der Waals surface area contributed by atoms with E-state index in [9.17, 15) is 0 Å². The third-order valence-corrected chi connectivity index (χ3v) is 4.64. The van der Waals surface area contributed by atoms with Gasteiger partial charge in [-0.25, -0.2) is 0 Å². The van der Waals surface area contributed by atoms with Crippen molar-refractivity contribution >= 4 is 45.6 Å². The van der Waals surface area contributed by atoms with Crippen LogP contribution in [-0.4, -0.2) is 19.3 Å². The molecular weight excluding hydrogens is 388 g/mol. The Morgan fingerprint density at radius 1 is 1.00 bits per heavy atom. The summed E-state index contributed by atoms with van der Waals surface area (Å²) >= 11 is 5.46. The number of aryl methyl sites for hydroxylation is 1. The standard InChI is InChI=1S/C16H13N.C9H14ClN.C2H6/c1-11-12-7-3-4-8-13(12)14-9-5-6-10-15(14)16(11)17-2;1-3-5-9(6-4-2)7-11-8-10;1-2/h3-10H,2H2,1H3;3-6,11H,1,7-8H2,2H3;1-2H3/b;6-4-,9-5+;. The number of alkyl halides is 1. The third-order valence-electron chi connectivity index (χ3n) is 4.45. The number of benzene rings is 3. The highest BCUT2D eigenvalue weighted by Crippen LogP contribution is 2.37. The van der Waals surface area contributed by atoms with Crippen LogP contribution < -0.4 is 5.32 Å². The predicted octanol–water partition coefficient (Wildman–Crippen LogP) is 8.12. The number of allylic oxidation sites excluding steroid dienone is 3. The third kappa shape index (κ3) is 6.69. The minimum atomic E-state index is 0.478. The molecule has 3 heteroatoms. The molecule has 0 atom stereocenters. The molecule has 0 heterocycles. The number of hydrogen-bond donors (Lipinski definition) is 1. The highest BCUT2D eigenvalue weighted by atomic mass is 35.5. The van der Waals surface area contributed by atoms with Gasteiger partial charge in [0.2, 0.25) is 0 Å². The lowest BCUT2D eigenvalue weighted by Gasteiger charge is -2.11. The predicted molar refractivity (Wildman–Crippen MR) is 139 cm³/mol.